The summed E-state index contributed by atoms with van der Waals surface area (Å²) in [5.41, 5.74) is -0.220. The number of aryl methyl sites for hydroxylation is 1. The number of aromatic nitrogens is 3. The molecule has 8 nitrogen and oxygen atoms in total. The number of carbonyl (C=O) groups is 2. The van der Waals surface area contributed by atoms with Crippen molar-refractivity contribution < 1.29 is 18.7 Å². The first-order chi connectivity index (χ1) is 14.4. The highest BCUT2D eigenvalue weighted by molar-refractivity contribution is 6.03. The van der Waals surface area contributed by atoms with Gasteiger partial charge in [-0.2, -0.15) is 0 Å². The maximum absolute atomic E-state index is 13.4. The van der Waals surface area contributed by atoms with Gasteiger partial charge in [0.2, 0.25) is 11.8 Å². The molecule has 0 radical (unpaired) electrons. The van der Waals surface area contributed by atoms with Crippen molar-refractivity contribution in [3.63, 3.8) is 0 Å². The minimum absolute atomic E-state index is 0.156. The first-order valence-corrected chi connectivity index (χ1v) is 9.99. The highest BCUT2D eigenvalue weighted by atomic mass is 19.1. The molecule has 5 rings (SSSR count). The van der Waals surface area contributed by atoms with E-state index in [2.05, 4.69) is 10.2 Å². The summed E-state index contributed by atoms with van der Waals surface area (Å²) in [6.45, 7) is 3.30. The average molecular weight is 411 g/mol. The minimum atomic E-state index is -0.819. The van der Waals surface area contributed by atoms with Gasteiger partial charge in [0, 0.05) is 19.3 Å². The van der Waals surface area contributed by atoms with Crippen LogP contribution in [0.5, 0.6) is 0 Å². The van der Waals surface area contributed by atoms with Gasteiger partial charge in [-0.1, -0.05) is 12.2 Å². The highest BCUT2D eigenvalue weighted by Gasteiger charge is 2.67. The summed E-state index contributed by atoms with van der Waals surface area (Å²) >= 11 is 0. The Morgan fingerprint density at radius 1 is 1.37 bits per heavy atom. The fourth-order valence-electron chi connectivity index (χ4n) is 4.83. The van der Waals surface area contributed by atoms with Crippen LogP contribution < -0.4 is 4.90 Å². The zero-order chi connectivity index (χ0) is 21.0. The zero-order valence-electron chi connectivity index (χ0n) is 16.7. The first kappa shape index (κ1) is 18.9. The number of hydrogen-bond donors (Lipinski definition) is 0. The molecule has 4 atom stereocenters. The van der Waals surface area contributed by atoms with E-state index in [-0.39, 0.29) is 17.6 Å². The molecule has 3 aliphatic rings. The van der Waals surface area contributed by atoms with Crippen LogP contribution in [-0.4, -0.2) is 56.8 Å². The van der Waals surface area contributed by atoms with Crippen molar-refractivity contribution in [1.29, 1.82) is 0 Å². The summed E-state index contributed by atoms with van der Waals surface area (Å²) in [7, 11) is 1.70. The SMILES string of the molecule is CCn1cnnc1CN(C)C(=O)C1C2C(=O)N(c3ccc(F)cc3)C[C@@]23C=C[C@@H]1O3. The molecular formula is C21H22FN5O3. The quantitative estimate of drug-likeness (QED) is 0.695. The van der Waals surface area contributed by atoms with Crippen molar-refractivity contribution >= 4 is 17.5 Å². The molecule has 2 saturated heterocycles. The summed E-state index contributed by atoms with van der Waals surface area (Å²) < 4.78 is 21.4. The van der Waals surface area contributed by atoms with Gasteiger partial charge in [0.25, 0.3) is 0 Å². The number of halogens is 1. The van der Waals surface area contributed by atoms with Crippen LogP contribution in [0.15, 0.2) is 42.7 Å². The molecule has 2 unspecified atom stereocenters. The summed E-state index contributed by atoms with van der Waals surface area (Å²) in [4.78, 5) is 29.9. The summed E-state index contributed by atoms with van der Waals surface area (Å²) in [5, 5.41) is 8.00. The fraction of sp³-hybridized carbons (Fsp3) is 0.429. The second kappa shape index (κ2) is 6.73. The molecule has 0 N–H and O–H groups in total. The Kier molecular flexibility index (Phi) is 4.25. The molecule has 1 aromatic carbocycles. The Morgan fingerprint density at radius 2 is 2.13 bits per heavy atom. The van der Waals surface area contributed by atoms with E-state index in [1.807, 2.05) is 23.6 Å². The van der Waals surface area contributed by atoms with Crippen LogP contribution >= 0.6 is 0 Å². The van der Waals surface area contributed by atoms with E-state index in [9.17, 15) is 14.0 Å². The molecule has 3 aliphatic heterocycles. The lowest BCUT2D eigenvalue weighted by Crippen LogP contribution is -2.44. The largest absolute Gasteiger partial charge is 0.360 e. The van der Waals surface area contributed by atoms with E-state index >= 15 is 0 Å². The van der Waals surface area contributed by atoms with Crippen molar-refractivity contribution in [1.82, 2.24) is 19.7 Å². The number of fused-ring (bicyclic) bond motifs is 1. The first-order valence-electron chi connectivity index (χ1n) is 9.99. The third-order valence-corrected chi connectivity index (χ3v) is 6.32. The maximum atomic E-state index is 13.4. The van der Waals surface area contributed by atoms with Crippen molar-refractivity contribution in [3.8, 4) is 0 Å². The van der Waals surface area contributed by atoms with E-state index in [0.717, 1.165) is 0 Å². The van der Waals surface area contributed by atoms with Crippen LogP contribution in [0.4, 0.5) is 10.1 Å². The van der Waals surface area contributed by atoms with Crippen LogP contribution in [0.25, 0.3) is 0 Å². The van der Waals surface area contributed by atoms with E-state index in [1.54, 1.807) is 35.3 Å². The third kappa shape index (κ3) is 2.68. The van der Waals surface area contributed by atoms with Gasteiger partial charge in [-0.25, -0.2) is 4.39 Å². The molecule has 0 saturated carbocycles. The van der Waals surface area contributed by atoms with Gasteiger partial charge in [-0.3, -0.25) is 9.59 Å². The Hall–Kier alpha value is -3.07. The zero-order valence-corrected chi connectivity index (χ0v) is 16.7. The number of amides is 2. The molecule has 156 valence electrons. The molecule has 4 heterocycles. The van der Waals surface area contributed by atoms with Gasteiger partial charge in [0.1, 0.15) is 17.7 Å². The highest BCUT2D eigenvalue weighted by Crippen LogP contribution is 2.53. The monoisotopic (exact) mass is 411 g/mol. The smallest absolute Gasteiger partial charge is 0.234 e. The topological polar surface area (TPSA) is 80.6 Å². The van der Waals surface area contributed by atoms with E-state index in [1.165, 1.54) is 12.1 Å². The minimum Gasteiger partial charge on any atom is -0.360 e. The van der Waals surface area contributed by atoms with Gasteiger partial charge in [-0.15, -0.1) is 10.2 Å². The van der Waals surface area contributed by atoms with E-state index in [0.29, 0.717) is 31.1 Å². The molecular weight excluding hydrogens is 389 g/mol. The van der Waals surface area contributed by atoms with Crippen molar-refractivity contribution in [2.24, 2.45) is 11.8 Å². The Morgan fingerprint density at radius 3 is 2.87 bits per heavy atom. The van der Waals surface area contributed by atoms with Crippen molar-refractivity contribution in [2.75, 3.05) is 18.5 Å². The van der Waals surface area contributed by atoms with Crippen molar-refractivity contribution in [3.05, 3.63) is 54.4 Å². The Bertz CT molecular complexity index is 1040. The van der Waals surface area contributed by atoms with Crippen LogP contribution in [-0.2, 0) is 27.4 Å². The van der Waals surface area contributed by atoms with Crippen LogP contribution in [0, 0.1) is 17.7 Å². The molecule has 2 fully saturated rings. The molecule has 2 aromatic rings. The molecule has 2 bridgehead atoms. The predicted octanol–water partition coefficient (Wildman–Crippen LogP) is 1.38. The third-order valence-electron chi connectivity index (χ3n) is 6.32. The van der Waals surface area contributed by atoms with Crippen LogP contribution in [0.1, 0.15) is 12.7 Å². The second-order valence-electron chi connectivity index (χ2n) is 8.03. The summed E-state index contributed by atoms with van der Waals surface area (Å²) in [5.74, 6) is -1.20. The number of hydrogen-bond acceptors (Lipinski definition) is 5. The lowest BCUT2D eigenvalue weighted by atomic mass is 9.76. The molecule has 1 spiro atoms. The predicted molar refractivity (Wildman–Crippen MR) is 105 cm³/mol. The average Bonchev–Trinajstić information content (AvgIpc) is 3.49. The van der Waals surface area contributed by atoms with Crippen molar-refractivity contribution in [2.45, 2.75) is 31.7 Å². The lowest BCUT2D eigenvalue weighted by molar-refractivity contribution is -0.139. The summed E-state index contributed by atoms with van der Waals surface area (Å²) in [6.07, 6.45) is 4.99. The molecule has 1 aromatic heterocycles. The fourth-order valence-corrected chi connectivity index (χ4v) is 4.83. The Balaban J connectivity index is 1.40. The molecule has 9 heteroatoms. The van der Waals surface area contributed by atoms with Gasteiger partial charge in [0.15, 0.2) is 5.82 Å². The number of anilines is 1. The maximum Gasteiger partial charge on any atom is 0.234 e. The normalized spacial score (nSPS) is 29.0. The molecule has 30 heavy (non-hydrogen) atoms. The van der Waals surface area contributed by atoms with E-state index < -0.39 is 23.5 Å². The van der Waals surface area contributed by atoms with Gasteiger partial charge in [-0.05, 0) is 31.2 Å². The number of nitrogens with zero attached hydrogens (tertiary/aromatic N) is 5. The number of carbonyl (C=O) groups excluding carboxylic acids is 2. The molecule has 0 aliphatic carbocycles. The van der Waals surface area contributed by atoms with Crippen LogP contribution in [0.2, 0.25) is 0 Å². The molecule has 2 amide bonds. The van der Waals surface area contributed by atoms with Gasteiger partial charge >= 0.3 is 0 Å². The van der Waals surface area contributed by atoms with Crippen LogP contribution in [0.3, 0.4) is 0 Å². The number of rotatable bonds is 5. The second-order valence-corrected chi connectivity index (χ2v) is 8.03. The number of ether oxygens (including phenoxy) is 1. The summed E-state index contributed by atoms with van der Waals surface area (Å²) in [6, 6.07) is 5.79. The van der Waals surface area contributed by atoms with Gasteiger partial charge in [0.05, 0.1) is 31.0 Å². The standard InChI is InChI=1S/C21H22FN5O3/c1-3-26-12-23-24-16(26)10-25(2)19(28)17-15-8-9-21(30-15)11-27(20(29)18(17)21)14-6-4-13(22)5-7-14/h4-9,12,15,17-18H,3,10-11H2,1-2H3/t15-,17?,18?,21-/m0/s1. The Labute approximate surface area is 172 Å². The lowest BCUT2D eigenvalue weighted by Gasteiger charge is -2.27. The number of benzene rings is 1. The van der Waals surface area contributed by atoms with E-state index in [4.69, 9.17) is 4.74 Å². The van der Waals surface area contributed by atoms with Gasteiger partial charge < -0.3 is 19.1 Å².